The van der Waals surface area contributed by atoms with Crippen molar-refractivity contribution in [1.82, 2.24) is 0 Å². The van der Waals surface area contributed by atoms with Crippen molar-refractivity contribution in [2.24, 2.45) is 5.92 Å². The summed E-state index contributed by atoms with van der Waals surface area (Å²) in [6, 6.07) is 0. The van der Waals surface area contributed by atoms with Crippen LogP contribution >= 0.6 is 22.6 Å². The number of hydrogen-bond acceptors (Lipinski definition) is 1. The second-order valence-corrected chi connectivity index (χ2v) is 11.6. The van der Waals surface area contributed by atoms with Gasteiger partial charge in [0.2, 0.25) is 0 Å². The lowest BCUT2D eigenvalue weighted by Gasteiger charge is -2.36. The van der Waals surface area contributed by atoms with Crippen molar-refractivity contribution < 1.29 is 4.43 Å². The number of rotatable bonds is 5. The first kappa shape index (κ1) is 16.6. The Bertz CT molecular complexity index is 241. The van der Waals surface area contributed by atoms with Gasteiger partial charge in [0.25, 0.3) is 0 Å². The monoisotopic (exact) mass is 354 g/mol. The fourth-order valence-corrected chi connectivity index (χ4v) is 2.72. The summed E-state index contributed by atoms with van der Waals surface area (Å²) in [4.78, 5) is 0. The molecule has 0 radical (unpaired) electrons. The summed E-state index contributed by atoms with van der Waals surface area (Å²) < 4.78 is 8.34. The molecule has 3 heteroatoms. The van der Waals surface area contributed by atoms with E-state index < -0.39 is 8.32 Å². The van der Waals surface area contributed by atoms with Crippen LogP contribution in [0.25, 0.3) is 0 Å². The van der Waals surface area contributed by atoms with E-state index in [1.54, 1.807) is 0 Å². The van der Waals surface area contributed by atoms with E-state index in [1.165, 1.54) is 5.57 Å². The highest BCUT2D eigenvalue weighted by Crippen LogP contribution is 2.36. The molecule has 0 aliphatic carbocycles. The van der Waals surface area contributed by atoms with Gasteiger partial charge in [-0.3, -0.25) is 0 Å². The normalized spacial score (nSPS) is 16.4. The van der Waals surface area contributed by atoms with Gasteiger partial charge >= 0.3 is 0 Å². The minimum Gasteiger partial charge on any atom is -0.417 e. The molecule has 0 amide bonds. The van der Waals surface area contributed by atoms with Crippen LogP contribution in [0.3, 0.4) is 0 Å². The lowest BCUT2D eigenvalue weighted by atomic mass is 10.0. The number of hydrogen-bond donors (Lipinski definition) is 0. The van der Waals surface area contributed by atoms with Crippen molar-refractivity contribution in [1.29, 1.82) is 0 Å². The van der Waals surface area contributed by atoms with Crippen molar-refractivity contribution in [2.45, 2.75) is 59.2 Å². The molecule has 0 saturated carbocycles. The highest BCUT2D eigenvalue weighted by molar-refractivity contribution is 14.1. The molecule has 1 atom stereocenters. The zero-order valence-corrected chi connectivity index (χ0v) is 15.0. The third kappa shape index (κ3) is 5.32. The molecule has 0 bridgehead atoms. The predicted molar refractivity (Wildman–Crippen MR) is 84.7 cm³/mol. The molecule has 0 heterocycles. The Morgan fingerprint density at radius 1 is 1.38 bits per heavy atom. The van der Waals surface area contributed by atoms with Gasteiger partial charge in [-0.2, -0.15) is 0 Å². The van der Waals surface area contributed by atoms with Crippen LogP contribution in [0.5, 0.6) is 0 Å². The summed E-state index contributed by atoms with van der Waals surface area (Å²) in [7, 11) is -1.54. The van der Waals surface area contributed by atoms with Crippen molar-refractivity contribution in [3.05, 3.63) is 9.66 Å². The standard InChI is InChI=1S/C13H27IOSi/c1-11(12(2)10-14)8-9-15-16(6,7)13(3,4)5/h10-11H,8-9H2,1-7H3/b12-10+/t11-/m0/s1. The van der Waals surface area contributed by atoms with Gasteiger partial charge in [0, 0.05) is 6.61 Å². The molecule has 0 saturated heterocycles. The van der Waals surface area contributed by atoms with Crippen LogP contribution in [0, 0.1) is 5.92 Å². The highest BCUT2D eigenvalue weighted by Gasteiger charge is 2.36. The second kappa shape index (κ2) is 6.54. The molecule has 0 aromatic heterocycles. The molecule has 96 valence electrons. The summed E-state index contributed by atoms with van der Waals surface area (Å²) in [5.41, 5.74) is 1.46. The molecule has 0 spiro atoms. The molecular weight excluding hydrogens is 327 g/mol. The van der Waals surface area contributed by atoms with Gasteiger partial charge in [0.1, 0.15) is 0 Å². The summed E-state index contributed by atoms with van der Waals surface area (Å²) in [5, 5.41) is 0.324. The summed E-state index contributed by atoms with van der Waals surface area (Å²) >= 11 is 2.32. The first-order valence-corrected chi connectivity index (χ1v) is 10.2. The Morgan fingerprint density at radius 2 is 1.88 bits per heavy atom. The topological polar surface area (TPSA) is 9.23 Å². The number of halogens is 1. The van der Waals surface area contributed by atoms with Crippen LogP contribution in [-0.2, 0) is 4.43 Å². The maximum absolute atomic E-state index is 6.17. The van der Waals surface area contributed by atoms with E-state index in [4.69, 9.17) is 4.43 Å². The van der Waals surface area contributed by atoms with Gasteiger partial charge < -0.3 is 4.43 Å². The minimum atomic E-state index is -1.54. The third-order valence-corrected chi connectivity index (χ3v) is 9.29. The maximum atomic E-state index is 6.17. The molecule has 0 N–H and O–H groups in total. The van der Waals surface area contributed by atoms with Crippen LogP contribution in [0.4, 0.5) is 0 Å². The van der Waals surface area contributed by atoms with E-state index in [2.05, 4.69) is 74.4 Å². The van der Waals surface area contributed by atoms with E-state index >= 15 is 0 Å². The quantitative estimate of drug-likeness (QED) is 0.476. The van der Waals surface area contributed by atoms with Crippen LogP contribution < -0.4 is 0 Å². The summed E-state index contributed by atoms with van der Waals surface area (Å²) in [5.74, 6) is 0.640. The van der Waals surface area contributed by atoms with Crippen molar-refractivity contribution in [3.8, 4) is 0 Å². The van der Waals surface area contributed by atoms with E-state index in [0.29, 0.717) is 11.0 Å². The Balaban J connectivity index is 4.09. The zero-order chi connectivity index (χ0) is 13.0. The average Bonchev–Trinajstić information content (AvgIpc) is 2.14. The summed E-state index contributed by atoms with van der Waals surface area (Å²) in [6.45, 7) is 16.9. The number of allylic oxidation sites excluding steroid dienone is 1. The van der Waals surface area contributed by atoms with E-state index in [-0.39, 0.29) is 0 Å². The Hall–Kier alpha value is 0.647. The lowest BCUT2D eigenvalue weighted by Crippen LogP contribution is -2.41. The molecular formula is C13H27IOSi. The van der Waals surface area contributed by atoms with Crippen LogP contribution in [-0.4, -0.2) is 14.9 Å². The lowest BCUT2D eigenvalue weighted by molar-refractivity contribution is 0.268. The predicted octanol–water partition coefficient (Wildman–Crippen LogP) is 5.37. The molecule has 0 aliphatic heterocycles. The van der Waals surface area contributed by atoms with Crippen molar-refractivity contribution in [3.63, 3.8) is 0 Å². The van der Waals surface area contributed by atoms with Gasteiger partial charge in [-0.05, 0) is 41.5 Å². The van der Waals surface area contributed by atoms with E-state index in [9.17, 15) is 0 Å². The molecule has 0 fully saturated rings. The smallest absolute Gasteiger partial charge is 0.191 e. The van der Waals surface area contributed by atoms with Crippen LogP contribution in [0.2, 0.25) is 18.1 Å². The molecule has 0 aromatic rings. The zero-order valence-electron chi connectivity index (χ0n) is 11.9. The Kier molecular flexibility index (Phi) is 6.81. The van der Waals surface area contributed by atoms with Gasteiger partial charge in [-0.1, -0.05) is 55.9 Å². The molecule has 1 nitrogen and oxygen atoms in total. The SMILES string of the molecule is C/C(=C\I)[C@@H](C)CCO[Si](C)(C)C(C)(C)C. The van der Waals surface area contributed by atoms with Gasteiger partial charge in [0.15, 0.2) is 8.32 Å². The Morgan fingerprint density at radius 3 is 2.25 bits per heavy atom. The van der Waals surface area contributed by atoms with Crippen molar-refractivity contribution in [2.75, 3.05) is 6.61 Å². The fourth-order valence-electron chi connectivity index (χ4n) is 1.04. The average molecular weight is 354 g/mol. The van der Waals surface area contributed by atoms with Gasteiger partial charge in [-0.25, -0.2) is 0 Å². The fraction of sp³-hybridized carbons (Fsp3) is 0.846. The molecule has 0 aliphatic rings. The first-order valence-electron chi connectivity index (χ1n) is 6.02. The molecule has 0 rings (SSSR count). The maximum Gasteiger partial charge on any atom is 0.191 e. The van der Waals surface area contributed by atoms with E-state index in [1.807, 2.05) is 0 Å². The molecule has 0 aromatic carbocycles. The van der Waals surface area contributed by atoms with E-state index in [0.717, 1.165) is 13.0 Å². The highest BCUT2D eigenvalue weighted by atomic mass is 127. The van der Waals surface area contributed by atoms with Crippen LogP contribution in [0.15, 0.2) is 9.66 Å². The van der Waals surface area contributed by atoms with Gasteiger partial charge in [0.05, 0.1) is 0 Å². The largest absolute Gasteiger partial charge is 0.417 e. The third-order valence-electron chi connectivity index (χ3n) is 3.77. The molecule has 0 unspecified atom stereocenters. The summed E-state index contributed by atoms with van der Waals surface area (Å²) in [6.07, 6.45) is 1.14. The van der Waals surface area contributed by atoms with Gasteiger partial charge in [-0.15, -0.1) is 0 Å². The van der Waals surface area contributed by atoms with Crippen LogP contribution in [0.1, 0.15) is 41.0 Å². The molecule has 16 heavy (non-hydrogen) atoms. The minimum absolute atomic E-state index is 0.324. The van der Waals surface area contributed by atoms with Crippen molar-refractivity contribution >= 4 is 30.9 Å². The second-order valence-electron chi connectivity index (χ2n) is 6.15. The Labute approximate surface area is 116 Å². The first-order chi connectivity index (χ1) is 7.12.